The van der Waals surface area contributed by atoms with Gasteiger partial charge in [0.2, 0.25) is 0 Å². The molecule has 0 radical (unpaired) electrons. The smallest absolute Gasteiger partial charge is 0.340 e. The molecule has 1 rings (SSSR count). The van der Waals surface area contributed by atoms with E-state index in [4.69, 9.17) is 22.1 Å². The first-order valence-corrected chi connectivity index (χ1v) is 7.40. The molecular weight excluding hydrogens is 276 g/mol. The second-order valence-corrected chi connectivity index (χ2v) is 5.24. The Bertz CT molecular complexity index is 463. The zero-order chi connectivity index (χ0) is 15.1. The maximum atomic E-state index is 12.0. The maximum Gasteiger partial charge on any atom is 0.340 e. The Morgan fingerprint density at radius 3 is 2.75 bits per heavy atom. The van der Waals surface area contributed by atoms with Crippen molar-refractivity contribution in [1.82, 2.24) is 0 Å². The molecule has 0 saturated carbocycles. The number of esters is 1. The van der Waals surface area contributed by atoms with Gasteiger partial charge in [-0.2, -0.15) is 0 Å². The summed E-state index contributed by atoms with van der Waals surface area (Å²) in [6.45, 7) is 6.29. The van der Waals surface area contributed by atoms with Crippen LogP contribution in [0.3, 0.4) is 0 Å². The lowest BCUT2D eigenvalue weighted by Gasteiger charge is -2.19. The van der Waals surface area contributed by atoms with Gasteiger partial charge in [-0.3, -0.25) is 0 Å². The van der Waals surface area contributed by atoms with Crippen LogP contribution in [0.25, 0.3) is 0 Å². The van der Waals surface area contributed by atoms with Gasteiger partial charge in [-0.1, -0.05) is 31.4 Å². The highest BCUT2D eigenvalue weighted by Crippen LogP contribution is 2.31. The van der Waals surface area contributed by atoms with Crippen LogP contribution >= 0.6 is 11.6 Å². The summed E-state index contributed by atoms with van der Waals surface area (Å²) in [6, 6.07) is 3.46. The van der Waals surface area contributed by atoms with Crippen LogP contribution in [0.4, 0.5) is 11.4 Å². The number of rotatable bonds is 7. The van der Waals surface area contributed by atoms with Gasteiger partial charge in [0.1, 0.15) is 0 Å². The molecule has 5 heteroatoms. The number of unbranched alkanes of at least 4 members (excludes halogenated alkanes) is 1. The molecule has 0 aliphatic carbocycles. The summed E-state index contributed by atoms with van der Waals surface area (Å²) in [7, 11) is 0. The van der Waals surface area contributed by atoms with Gasteiger partial charge in [0, 0.05) is 11.7 Å². The first kappa shape index (κ1) is 16.6. The highest BCUT2D eigenvalue weighted by atomic mass is 35.5. The fraction of sp³-hybridized carbons (Fsp3) is 0.533. The Morgan fingerprint density at radius 1 is 1.45 bits per heavy atom. The van der Waals surface area contributed by atoms with Crippen LogP contribution in [0.5, 0.6) is 0 Å². The van der Waals surface area contributed by atoms with E-state index in [1.165, 1.54) is 0 Å². The number of ether oxygens (including phenoxy) is 1. The number of hydrogen-bond acceptors (Lipinski definition) is 4. The van der Waals surface area contributed by atoms with E-state index in [1.807, 2.05) is 0 Å². The Labute approximate surface area is 125 Å². The van der Waals surface area contributed by atoms with Gasteiger partial charge in [-0.25, -0.2) is 4.79 Å². The standard InChI is InChI=1S/C15H23ClN2O2/c1-4-6-7-10(3)18-14-12(15(19)20-5-2)8-11(17)9-13(14)16/h8-10,18H,4-7,17H2,1-3H3. The van der Waals surface area contributed by atoms with Gasteiger partial charge in [0.15, 0.2) is 0 Å². The fourth-order valence-corrected chi connectivity index (χ4v) is 2.26. The number of nitrogen functional groups attached to an aromatic ring is 1. The van der Waals surface area contributed by atoms with E-state index in [2.05, 4.69) is 19.2 Å². The number of nitrogens with one attached hydrogen (secondary N) is 1. The number of carbonyl (C=O) groups is 1. The number of benzene rings is 1. The molecule has 0 amide bonds. The third kappa shape index (κ3) is 4.60. The third-order valence-corrected chi connectivity index (χ3v) is 3.29. The largest absolute Gasteiger partial charge is 0.462 e. The molecule has 3 N–H and O–H groups in total. The minimum Gasteiger partial charge on any atom is -0.462 e. The van der Waals surface area contributed by atoms with Crippen LogP contribution in [0.1, 0.15) is 50.4 Å². The predicted octanol–water partition coefficient (Wildman–Crippen LogP) is 4.09. The van der Waals surface area contributed by atoms with Gasteiger partial charge < -0.3 is 15.8 Å². The monoisotopic (exact) mass is 298 g/mol. The van der Waals surface area contributed by atoms with Crippen LogP contribution in [-0.2, 0) is 4.74 Å². The highest BCUT2D eigenvalue weighted by molar-refractivity contribution is 6.34. The van der Waals surface area contributed by atoms with Gasteiger partial charge in [0.25, 0.3) is 0 Å². The van der Waals surface area contributed by atoms with Crippen LogP contribution in [-0.4, -0.2) is 18.6 Å². The van der Waals surface area contributed by atoms with E-state index in [9.17, 15) is 4.79 Å². The first-order chi connectivity index (χ1) is 9.49. The van der Waals surface area contributed by atoms with Crippen molar-refractivity contribution in [2.24, 2.45) is 0 Å². The molecule has 112 valence electrons. The second kappa shape index (κ2) is 8.00. The quantitative estimate of drug-likeness (QED) is 0.588. The summed E-state index contributed by atoms with van der Waals surface area (Å²) in [5.41, 5.74) is 7.19. The predicted molar refractivity (Wildman–Crippen MR) is 84.4 cm³/mol. The molecule has 1 atom stereocenters. The second-order valence-electron chi connectivity index (χ2n) is 4.83. The van der Waals surface area contributed by atoms with Crippen molar-refractivity contribution in [3.05, 3.63) is 22.7 Å². The summed E-state index contributed by atoms with van der Waals surface area (Å²) in [6.07, 6.45) is 3.27. The van der Waals surface area contributed by atoms with Gasteiger partial charge >= 0.3 is 5.97 Å². The highest BCUT2D eigenvalue weighted by Gasteiger charge is 2.18. The Kier molecular flexibility index (Phi) is 6.65. The molecule has 0 fully saturated rings. The number of nitrogens with two attached hydrogens (primary N) is 1. The minimum absolute atomic E-state index is 0.226. The summed E-state index contributed by atoms with van der Waals surface area (Å²) in [4.78, 5) is 12.0. The summed E-state index contributed by atoms with van der Waals surface area (Å²) in [5.74, 6) is -0.410. The molecule has 20 heavy (non-hydrogen) atoms. The average molecular weight is 299 g/mol. The molecule has 0 spiro atoms. The molecule has 1 aromatic carbocycles. The number of carbonyl (C=O) groups excluding carboxylic acids is 1. The molecular formula is C15H23ClN2O2. The van der Waals surface area contributed by atoms with Gasteiger partial charge in [-0.15, -0.1) is 0 Å². The Morgan fingerprint density at radius 2 is 2.15 bits per heavy atom. The van der Waals surface area contributed by atoms with E-state index in [-0.39, 0.29) is 6.04 Å². The maximum absolute atomic E-state index is 12.0. The third-order valence-electron chi connectivity index (χ3n) is 2.99. The van der Waals surface area contributed by atoms with Gasteiger partial charge in [-0.05, 0) is 32.4 Å². The van der Waals surface area contributed by atoms with Crippen LogP contribution < -0.4 is 11.1 Å². The van der Waals surface area contributed by atoms with Crippen molar-refractivity contribution in [1.29, 1.82) is 0 Å². The van der Waals surface area contributed by atoms with Crippen LogP contribution in [0, 0.1) is 0 Å². The van der Waals surface area contributed by atoms with Crippen molar-refractivity contribution in [3.8, 4) is 0 Å². The molecule has 0 saturated heterocycles. The fourth-order valence-electron chi connectivity index (χ4n) is 1.97. The molecule has 1 unspecified atom stereocenters. The zero-order valence-electron chi connectivity index (χ0n) is 12.3. The van der Waals surface area contributed by atoms with E-state index in [1.54, 1.807) is 19.1 Å². The minimum atomic E-state index is -0.410. The SMILES string of the molecule is CCCCC(C)Nc1c(Cl)cc(N)cc1C(=O)OCC. The summed E-state index contributed by atoms with van der Waals surface area (Å²) < 4.78 is 5.05. The lowest BCUT2D eigenvalue weighted by Crippen LogP contribution is -2.18. The van der Waals surface area contributed by atoms with Crippen molar-refractivity contribution in [3.63, 3.8) is 0 Å². The van der Waals surface area contributed by atoms with Gasteiger partial charge in [0.05, 0.1) is 22.9 Å². The topological polar surface area (TPSA) is 64.3 Å². The van der Waals surface area contributed by atoms with Crippen molar-refractivity contribution >= 4 is 28.9 Å². The summed E-state index contributed by atoms with van der Waals surface area (Å²) >= 11 is 6.21. The molecule has 4 nitrogen and oxygen atoms in total. The van der Waals surface area contributed by atoms with Crippen LogP contribution in [0.15, 0.2) is 12.1 Å². The Balaban J connectivity index is 3.00. The molecule has 0 aliphatic rings. The summed E-state index contributed by atoms with van der Waals surface area (Å²) in [5, 5.41) is 3.73. The number of anilines is 2. The molecule has 0 bridgehead atoms. The molecule has 0 aromatic heterocycles. The van der Waals surface area contributed by atoms with Crippen molar-refractivity contribution in [2.75, 3.05) is 17.7 Å². The van der Waals surface area contributed by atoms with E-state index < -0.39 is 5.97 Å². The van der Waals surface area contributed by atoms with Crippen molar-refractivity contribution < 1.29 is 9.53 Å². The normalized spacial score (nSPS) is 12.0. The Hall–Kier alpha value is -1.42. The number of hydrogen-bond donors (Lipinski definition) is 2. The molecule has 1 aromatic rings. The van der Waals surface area contributed by atoms with E-state index >= 15 is 0 Å². The average Bonchev–Trinajstić information content (AvgIpc) is 2.39. The van der Waals surface area contributed by atoms with Crippen molar-refractivity contribution in [2.45, 2.75) is 46.1 Å². The first-order valence-electron chi connectivity index (χ1n) is 7.02. The van der Waals surface area contributed by atoms with Crippen LogP contribution in [0.2, 0.25) is 5.02 Å². The molecule has 0 aliphatic heterocycles. The lowest BCUT2D eigenvalue weighted by atomic mass is 10.1. The lowest BCUT2D eigenvalue weighted by molar-refractivity contribution is 0.0527. The molecule has 0 heterocycles. The van der Waals surface area contributed by atoms with E-state index in [0.717, 1.165) is 19.3 Å². The number of halogens is 1. The van der Waals surface area contributed by atoms with E-state index in [0.29, 0.717) is 28.6 Å². The zero-order valence-corrected chi connectivity index (χ0v) is 13.1.